The van der Waals surface area contributed by atoms with Gasteiger partial charge in [0.15, 0.2) is 0 Å². The summed E-state index contributed by atoms with van der Waals surface area (Å²) in [5.74, 6) is 0.387. The molecular weight excluding hydrogens is 130 g/mol. The van der Waals surface area contributed by atoms with E-state index in [2.05, 4.69) is 4.74 Å². The van der Waals surface area contributed by atoms with Gasteiger partial charge in [-0.3, -0.25) is 4.79 Å². The topological polar surface area (TPSA) is 52.3 Å². The number of carbonyl (C=O) groups excluding carboxylic acids is 1. The van der Waals surface area contributed by atoms with Crippen LogP contribution in [0.2, 0.25) is 0 Å². The minimum Gasteiger partial charge on any atom is -0.469 e. The summed E-state index contributed by atoms with van der Waals surface area (Å²) in [7, 11) is 1.39. The lowest BCUT2D eigenvalue weighted by Gasteiger charge is -2.06. The zero-order valence-electron chi connectivity index (χ0n) is 6.17. The van der Waals surface area contributed by atoms with Crippen molar-refractivity contribution in [2.24, 2.45) is 11.7 Å². The molecule has 0 aliphatic heterocycles. The molecule has 1 aliphatic carbocycles. The molecule has 1 atom stereocenters. The largest absolute Gasteiger partial charge is 0.469 e. The van der Waals surface area contributed by atoms with Crippen LogP contribution in [0, 0.1) is 5.92 Å². The summed E-state index contributed by atoms with van der Waals surface area (Å²) in [5, 5.41) is 0. The van der Waals surface area contributed by atoms with Crippen molar-refractivity contribution in [2.75, 3.05) is 7.11 Å². The van der Waals surface area contributed by atoms with E-state index >= 15 is 0 Å². The van der Waals surface area contributed by atoms with Gasteiger partial charge in [0.2, 0.25) is 0 Å². The molecule has 1 rings (SSSR count). The van der Waals surface area contributed by atoms with Gasteiger partial charge in [0.05, 0.1) is 13.5 Å². The number of methoxy groups -OCH3 is 1. The van der Waals surface area contributed by atoms with E-state index in [9.17, 15) is 4.79 Å². The number of esters is 1. The van der Waals surface area contributed by atoms with E-state index < -0.39 is 0 Å². The molecule has 10 heavy (non-hydrogen) atoms. The molecule has 0 unspecified atom stereocenters. The van der Waals surface area contributed by atoms with E-state index in [0.29, 0.717) is 12.3 Å². The summed E-state index contributed by atoms with van der Waals surface area (Å²) in [5.41, 5.74) is 5.65. The Morgan fingerprint density at radius 2 is 2.40 bits per heavy atom. The third kappa shape index (κ3) is 1.99. The summed E-state index contributed by atoms with van der Waals surface area (Å²) < 4.78 is 4.48. The number of hydrogen-bond donors (Lipinski definition) is 1. The molecule has 1 saturated carbocycles. The highest BCUT2D eigenvalue weighted by Gasteiger charge is 2.29. The first kappa shape index (κ1) is 7.54. The maximum absolute atomic E-state index is 10.7. The third-order valence-corrected chi connectivity index (χ3v) is 1.86. The highest BCUT2D eigenvalue weighted by Crippen LogP contribution is 2.32. The second kappa shape index (κ2) is 3.01. The van der Waals surface area contributed by atoms with Crippen LogP contribution in [0.25, 0.3) is 0 Å². The fourth-order valence-electron chi connectivity index (χ4n) is 0.967. The number of carbonyl (C=O) groups is 1. The molecule has 1 aliphatic rings. The van der Waals surface area contributed by atoms with Crippen LogP contribution in [-0.4, -0.2) is 19.1 Å². The molecule has 0 aromatic heterocycles. The van der Waals surface area contributed by atoms with Crippen molar-refractivity contribution in [1.29, 1.82) is 0 Å². The normalized spacial score (nSPS) is 20.2. The second-order valence-corrected chi connectivity index (χ2v) is 2.78. The van der Waals surface area contributed by atoms with E-state index in [0.717, 1.165) is 0 Å². The number of nitrogens with two attached hydrogens (primary N) is 1. The van der Waals surface area contributed by atoms with Gasteiger partial charge in [-0.15, -0.1) is 0 Å². The Morgan fingerprint density at radius 1 is 1.80 bits per heavy atom. The first-order chi connectivity index (χ1) is 4.74. The SMILES string of the molecule is COC(=O)C[C@@H](N)C1CC1. The first-order valence-electron chi connectivity index (χ1n) is 3.56. The monoisotopic (exact) mass is 143 g/mol. The summed E-state index contributed by atoms with van der Waals surface area (Å²) in [6, 6.07) is 0.0347. The Kier molecular flexibility index (Phi) is 2.27. The number of hydrogen-bond acceptors (Lipinski definition) is 3. The summed E-state index contributed by atoms with van der Waals surface area (Å²) in [4.78, 5) is 10.7. The fraction of sp³-hybridized carbons (Fsp3) is 0.857. The Bertz CT molecular complexity index is 132. The molecule has 0 bridgehead atoms. The lowest BCUT2D eigenvalue weighted by Crippen LogP contribution is -2.26. The van der Waals surface area contributed by atoms with Crippen LogP contribution in [-0.2, 0) is 9.53 Å². The molecule has 0 radical (unpaired) electrons. The molecule has 1 fully saturated rings. The molecule has 0 spiro atoms. The molecule has 2 N–H and O–H groups in total. The van der Waals surface area contributed by atoms with Gasteiger partial charge in [0.25, 0.3) is 0 Å². The Labute approximate surface area is 60.5 Å². The molecular formula is C7H13NO2. The van der Waals surface area contributed by atoms with E-state index in [4.69, 9.17) is 5.73 Å². The van der Waals surface area contributed by atoms with Crippen molar-refractivity contribution in [2.45, 2.75) is 25.3 Å². The molecule has 3 heteroatoms. The highest BCUT2D eigenvalue weighted by molar-refractivity contribution is 5.69. The summed E-state index contributed by atoms with van der Waals surface area (Å²) >= 11 is 0. The third-order valence-electron chi connectivity index (χ3n) is 1.86. The van der Waals surface area contributed by atoms with Crippen molar-refractivity contribution in [3.8, 4) is 0 Å². The van der Waals surface area contributed by atoms with Crippen LogP contribution >= 0.6 is 0 Å². The average Bonchev–Trinajstić information content (AvgIpc) is 2.68. The van der Waals surface area contributed by atoms with Crippen molar-refractivity contribution in [1.82, 2.24) is 0 Å². The Hall–Kier alpha value is -0.570. The lowest BCUT2D eigenvalue weighted by molar-refractivity contribution is -0.141. The zero-order chi connectivity index (χ0) is 7.56. The van der Waals surface area contributed by atoms with E-state index in [-0.39, 0.29) is 12.0 Å². The molecule has 0 saturated heterocycles. The van der Waals surface area contributed by atoms with Crippen molar-refractivity contribution in [3.05, 3.63) is 0 Å². The van der Waals surface area contributed by atoms with Crippen LogP contribution in [0.3, 0.4) is 0 Å². The van der Waals surface area contributed by atoms with Gasteiger partial charge in [0, 0.05) is 6.04 Å². The fourth-order valence-corrected chi connectivity index (χ4v) is 0.967. The minimum absolute atomic E-state index is 0.0347. The quantitative estimate of drug-likeness (QED) is 0.577. The molecule has 58 valence electrons. The van der Waals surface area contributed by atoms with E-state index in [1.165, 1.54) is 20.0 Å². The van der Waals surface area contributed by atoms with E-state index in [1.54, 1.807) is 0 Å². The van der Waals surface area contributed by atoms with Crippen LogP contribution in [0.15, 0.2) is 0 Å². The minimum atomic E-state index is -0.195. The summed E-state index contributed by atoms with van der Waals surface area (Å²) in [6.07, 6.45) is 2.73. The van der Waals surface area contributed by atoms with E-state index in [1.807, 2.05) is 0 Å². The highest BCUT2D eigenvalue weighted by atomic mass is 16.5. The maximum Gasteiger partial charge on any atom is 0.307 e. The average molecular weight is 143 g/mol. The second-order valence-electron chi connectivity index (χ2n) is 2.78. The van der Waals surface area contributed by atoms with Crippen LogP contribution in [0.5, 0.6) is 0 Å². The number of rotatable bonds is 3. The van der Waals surface area contributed by atoms with Gasteiger partial charge in [-0.2, -0.15) is 0 Å². The molecule has 0 heterocycles. The van der Waals surface area contributed by atoms with Gasteiger partial charge in [-0.25, -0.2) is 0 Å². The molecule has 0 aromatic rings. The van der Waals surface area contributed by atoms with Crippen molar-refractivity contribution < 1.29 is 9.53 Å². The zero-order valence-corrected chi connectivity index (χ0v) is 6.17. The lowest BCUT2D eigenvalue weighted by atomic mass is 10.1. The predicted molar refractivity (Wildman–Crippen MR) is 37.3 cm³/mol. The molecule has 0 aromatic carbocycles. The van der Waals surface area contributed by atoms with Crippen LogP contribution < -0.4 is 5.73 Å². The van der Waals surface area contributed by atoms with Gasteiger partial charge in [0.1, 0.15) is 0 Å². The smallest absolute Gasteiger partial charge is 0.307 e. The Morgan fingerprint density at radius 3 is 2.80 bits per heavy atom. The van der Waals surface area contributed by atoms with Gasteiger partial charge >= 0.3 is 5.97 Å². The van der Waals surface area contributed by atoms with Crippen molar-refractivity contribution >= 4 is 5.97 Å². The maximum atomic E-state index is 10.7. The van der Waals surface area contributed by atoms with Gasteiger partial charge < -0.3 is 10.5 Å². The molecule has 0 amide bonds. The Balaban J connectivity index is 2.16. The number of ether oxygens (including phenoxy) is 1. The first-order valence-corrected chi connectivity index (χ1v) is 3.56. The van der Waals surface area contributed by atoms with Crippen LogP contribution in [0.1, 0.15) is 19.3 Å². The van der Waals surface area contributed by atoms with Gasteiger partial charge in [-0.05, 0) is 18.8 Å². The predicted octanol–water partition coefficient (Wildman–Crippen LogP) is 0.287. The standard InChI is InChI=1S/C7H13NO2/c1-10-7(9)4-6(8)5-2-3-5/h5-6H,2-4,8H2,1H3/t6-/m1/s1. The summed E-state index contributed by atoms with van der Waals surface area (Å²) in [6.45, 7) is 0. The van der Waals surface area contributed by atoms with Gasteiger partial charge in [-0.1, -0.05) is 0 Å². The van der Waals surface area contributed by atoms with Crippen molar-refractivity contribution in [3.63, 3.8) is 0 Å². The molecule has 3 nitrogen and oxygen atoms in total. The van der Waals surface area contributed by atoms with Crippen LogP contribution in [0.4, 0.5) is 0 Å².